The summed E-state index contributed by atoms with van der Waals surface area (Å²) in [7, 11) is -1.87. The van der Waals surface area contributed by atoms with E-state index in [9.17, 15) is 13.2 Å². The Balaban J connectivity index is 2.06. The summed E-state index contributed by atoms with van der Waals surface area (Å²) in [6, 6.07) is 13.5. The molecule has 0 radical (unpaired) electrons. The number of nitrogens with one attached hydrogen (secondary N) is 1. The first-order valence-corrected chi connectivity index (χ1v) is 9.63. The number of carbonyl (C=O) groups excluding carboxylic acids is 1. The number of benzene rings is 2. The highest BCUT2D eigenvalue weighted by Gasteiger charge is 2.13. The van der Waals surface area contributed by atoms with E-state index in [-0.39, 0.29) is 12.0 Å². The Kier molecular flexibility index (Phi) is 5.69. The summed E-state index contributed by atoms with van der Waals surface area (Å²) < 4.78 is 29.8. The predicted molar refractivity (Wildman–Crippen MR) is 99.8 cm³/mol. The number of sulfonamides is 1. The fraction of sp³-hybridized carbons (Fsp3) is 0.278. The quantitative estimate of drug-likeness (QED) is 0.857. The van der Waals surface area contributed by atoms with E-state index in [0.29, 0.717) is 16.9 Å². The molecule has 7 heteroatoms. The van der Waals surface area contributed by atoms with Crippen molar-refractivity contribution in [3.8, 4) is 5.75 Å². The van der Waals surface area contributed by atoms with Crippen molar-refractivity contribution in [1.29, 1.82) is 0 Å². The molecule has 0 saturated heterocycles. The third-order valence-electron chi connectivity index (χ3n) is 3.47. The van der Waals surface area contributed by atoms with Gasteiger partial charge in [-0.3, -0.25) is 9.10 Å². The highest BCUT2D eigenvalue weighted by atomic mass is 32.2. The zero-order valence-electron chi connectivity index (χ0n) is 14.7. The normalized spacial score (nSPS) is 11.2. The van der Waals surface area contributed by atoms with E-state index in [1.54, 1.807) is 48.5 Å². The van der Waals surface area contributed by atoms with Crippen molar-refractivity contribution in [2.24, 2.45) is 0 Å². The number of amides is 1. The Bertz CT molecular complexity index is 828. The van der Waals surface area contributed by atoms with Gasteiger partial charge in [0.2, 0.25) is 10.0 Å². The summed E-state index contributed by atoms with van der Waals surface area (Å²) in [5.74, 6) is 0.465. The smallest absolute Gasteiger partial charge is 0.255 e. The average molecular weight is 362 g/mol. The van der Waals surface area contributed by atoms with Crippen LogP contribution < -0.4 is 14.4 Å². The number of ether oxygens (including phenoxy) is 1. The zero-order chi connectivity index (χ0) is 18.6. The Morgan fingerprint density at radius 1 is 1.04 bits per heavy atom. The minimum Gasteiger partial charge on any atom is -0.491 e. The first-order chi connectivity index (χ1) is 11.7. The van der Waals surface area contributed by atoms with Crippen molar-refractivity contribution in [3.05, 3.63) is 54.1 Å². The zero-order valence-corrected chi connectivity index (χ0v) is 15.5. The second-order valence-electron chi connectivity index (χ2n) is 5.92. The van der Waals surface area contributed by atoms with Crippen molar-refractivity contribution in [2.45, 2.75) is 20.0 Å². The minimum atomic E-state index is -3.33. The molecule has 0 aromatic heterocycles. The Morgan fingerprint density at radius 3 is 2.08 bits per heavy atom. The molecule has 1 amide bonds. The third kappa shape index (κ3) is 5.22. The van der Waals surface area contributed by atoms with Crippen LogP contribution in [-0.4, -0.2) is 33.7 Å². The maximum Gasteiger partial charge on any atom is 0.255 e. The Morgan fingerprint density at radius 2 is 1.60 bits per heavy atom. The van der Waals surface area contributed by atoms with Gasteiger partial charge in [0.05, 0.1) is 18.0 Å². The lowest BCUT2D eigenvalue weighted by atomic mass is 10.2. The molecule has 0 bridgehead atoms. The molecule has 0 aliphatic heterocycles. The van der Waals surface area contributed by atoms with E-state index in [4.69, 9.17) is 4.74 Å². The molecule has 2 aromatic carbocycles. The van der Waals surface area contributed by atoms with Crippen molar-refractivity contribution < 1.29 is 17.9 Å². The molecule has 0 aliphatic rings. The molecule has 0 spiro atoms. The molecule has 134 valence electrons. The summed E-state index contributed by atoms with van der Waals surface area (Å²) in [6.45, 7) is 3.89. The number of carbonyl (C=O) groups is 1. The van der Waals surface area contributed by atoms with Gasteiger partial charge in [-0.15, -0.1) is 0 Å². The number of rotatable bonds is 6. The van der Waals surface area contributed by atoms with Crippen LogP contribution in [0.3, 0.4) is 0 Å². The van der Waals surface area contributed by atoms with E-state index in [2.05, 4.69) is 5.32 Å². The topological polar surface area (TPSA) is 75.7 Å². The van der Waals surface area contributed by atoms with Crippen molar-refractivity contribution in [1.82, 2.24) is 0 Å². The Hall–Kier alpha value is -2.54. The molecule has 25 heavy (non-hydrogen) atoms. The monoisotopic (exact) mass is 362 g/mol. The number of hydrogen-bond acceptors (Lipinski definition) is 4. The van der Waals surface area contributed by atoms with Gasteiger partial charge >= 0.3 is 0 Å². The molecule has 0 aliphatic carbocycles. The maximum absolute atomic E-state index is 12.3. The van der Waals surface area contributed by atoms with E-state index >= 15 is 0 Å². The second kappa shape index (κ2) is 7.57. The highest BCUT2D eigenvalue weighted by Crippen LogP contribution is 2.19. The van der Waals surface area contributed by atoms with Crippen LogP contribution in [0.15, 0.2) is 48.5 Å². The van der Waals surface area contributed by atoms with Crippen molar-refractivity contribution in [3.63, 3.8) is 0 Å². The molecule has 0 saturated carbocycles. The van der Waals surface area contributed by atoms with Gasteiger partial charge in [-0.05, 0) is 62.4 Å². The predicted octanol–water partition coefficient (Wildman–Crippen LogP) is 3.12. The minimum absolute atomic E-state index is 0.0871. The standard InChI is InChI=1S/C18H22N2O4S/c1-13(2)24-17-11-7-15(8-12-17)19-18(21)14-5-9-16(10-6-14)20(3)25(4,22)23/h5-13H,1-4H3,(H,19,21). The molecule has 6 nitrogen and oxygen atoms in total. The van der Waals surface area contributed by atoms with Crippen LogP contribution in [0.5, 0.6) is 5.75 Å². The SMILES string of the molecule is CC(C)Oc1ccc(NC(=O)c2ccc(N(C)S(C)(=O)=O)cc2)cc1. The van der Waals surface area contributed by atoms with Gasteiger partial charge in [-0.1, -0.05) is 0 Å². The summed E-state index contributed by atoms with van der Waals surface area (Å²) in [5, 5.41) is 2.79. The highest BCUT2D eigenvalue weighted by molar-refractivity contribution is 7.92. The van der Waals surface area contributed by atoms with E-state index < -0.39 is 10.0 Å². The van der Waals surface area contributed by atoms with Crippen LogP contribution in [0.1, 0.15) is 24.2 Å². The average Bonchev–Trinajstić information content (AvgIpc) is 2.55. The second-order valence-corrected chi connectivity index (χ2v) is 7.94. The third-order valence-corrected chi connectivity index (χ3v) is 4.68. The largest absolute Gasteiger partial charge is 0.491 e. The van der Waals surface area contributed by atoms with E-state index in [1.807, 2.05) is 13.8 Å². The van der Waals surface area contributed by atoms with Crippen LogP contribution in [0.4, 0.5) is 11.4 Å². The Labute approximate surface area is 148 Å². The van der Waals surface area contributed by atoms with Gasteiger partial charge in [-0.25, -0.2) is 8.42 Å². The molecule has 0 fully saturated rings. The van der Waals surface area contributed by atoms with Gasteiger partial charge in [0.1, 0.15) is 5.75 Å². The molecular weight excluding hydrogens is 340 g/mol. The number of anilines is 2. The lowest BCUT2D eigenvalue weighted by molar-refractivity contribution is 0.102. The van der Waals surface area contributed by atoms with Gasteiger partial charge < -0.3 is 10.1 Å². The van der Waals surface area contributed by atoms with Crippen molar-refractivity contribution in [2.75, 3.05) is 22.9 Å². The molecule has 0 heterocycles. The van der Waals surface area contributed by atoms with E-state index in [1.165, 1.54) is 7.05 Å². The van der Waals surface area contributed by atoms with E-state index in [0.717, 1.165) is 16.3 Å². The summed E-state index contributed by atoms with van der Waals surface area (Å²) in [6.07, 6.45) is 1.21. The molecule has 2 aromatic rings. The first-order valence-electron chi connectivity index (χ1n) is 7.79. The van der Waals surface area contributed by atoms with Crippen LogP contribution in [0, 0.1) is 0 Å². The summed E-state index contributed by atoms with van der Waals surface area (Å²) >= 11 is 0. The first kappa shape index (κ1) is 18.8. The summed E-state index contributed by atoms with van der Waals surface area (Å²) in [4.78, 5) is 12.3. The maximum atomic E-state index is 12.3. The van der Waals surface area contributed by atoms with Crippen LogP contribution in [-0.2, 0) is 10.0 Å². The fourth-order valence-electron chi connectivity index (χ4n) is 2.11. The molecule has 2 rings (SSSR count). The van der Waals surface area contributed by atoms with Crippen LogP contribution in [0.2, 0.25) is 0 Å². The van der Waals surface area contributed by atoms with Crippen molar-refractivity contribution >= 4 is 27.3 Å². The van der Waals surface area contributed by atoms with Gasteiger partial charge in [-0.2, -0.15) is 0 Å². The van der Waals surface area contributed by atoms with Crippen LogP contribution >= 0.6 is 0 Å². The number of nitrogens with zero attached hydrogens (tertiary/aromatic N) is 1. The lowest BCUT2D eigenvalue weighted by Crippen LogP contribution is -2.24. The molecule has 0 atom stereocenters. The van der Waals surface area contributed by atoms with Gasteiger partial charge in [0.15, 0.2) is 0 Å². The molecule has 1 N–H and O–H groups in total. The molecule has 0 unspecified atom stereocenters. The van der Waals surface area contributed by atoms with Gasteiger partial charge in [0.25, 0.3) is 5.91 Å². The fourth-order valence-corrected chi connectivity index (χ4v) is 2.61. The summed E-state index contributed by atoms with van der Waals surface area (Å²) in [5.41, 5.74) is 1.58. The van der Waals surface area contributed by atoms with Crippen LogP contribution in [0.25, 0.3) is 0 Å². The van der Waals surface area contributed by atoms with Gasteiger partial charge in [0, 0.05) is 18.3 Å². The lowest BCUT2D eigenvalue weighted by Gasteiger charge is -2.16. The number of hydrogen-bond donors (Lipinski definition) is 1. The molecular formula is C18H22N2O4S.